The number of nitrogens with zero attached hydrogens (tertiary/aromatic N) is 2. The fraction of sp³-hybridized carbons (Fsp3) is 0.250. The lowest BCUT2D eigenvalue weighted by molar-refractivity contribution is 0.621. The van der Waals surface area contributed by atoms with E-state index in [4.69, 9.17) is 0 Å². The molecule has 0 spiro atoms. The van der Waals surface area contributed by atoms with Crippen molar-refractivity contribution in [2.75, 3.05) is 0 Å². The zero-order valence-electron chi connectivity index (χ0n) is 8.81. The predicted octanol–water partition coefficient (Wildman–Crippen LogP) is 3.13. The largest absolute Gasteiger partial charge is 0.241 e. The molecule has 1 aromatic carbocycles. The second-order valence-corrected chi connectivity index (χ2v) is 3.81. The molecule has 0 aliphatic rings. The van der Waals surface area contributed by atoms with Crippen LogP contribution in [0.5, 0.6) is 0 Å². The number of hydrogen-bond acceptors (Lipinski definition) is 1. The van der Waals surface area contributed by atoms with E-state index in [0.29, 0.717) is 0 Å². The molecule has 0 atom stereocenters. The molecule has 0 fully saturated rings. The smallest absolute Gasteiger partial charge is 0.123 e. The fourth-order valence-electron chi connectivity index (χ4n) is 1.61. The lowest BCUT2D eigenvalue weighted by Gasteiger charge is -2.12. The summed E-state index contributed by atoms with van der Waals surface area (Å²) in [7, 11) is 0. The normalized spacial score (nSPS) is 10.9. The molecule has 0 aliphatic heterocycles. The molecule has 0 amide bonds. The van der Waals surface area contributed by atoms with Crippen molar-refractivity contribution in [2.24, 2.45) is 0 Å². The SMILES string of the molecule is CC(C)c1cc(F)ccc1-n1cccn1. The van der Waals surface area contributed by atoms with Crippen LogP contribution >= 0.6 is 0 Å². The number of aromatic nitrogens is 2. The van der Waals surface area contributed by atoms with E-state index in [0.717, 1.165) is 11.3 Å². The first-order valence-electron chi connectivity index (χ1n) is 4.98. The number of rotatable bonds is 2. The quantitative estimate of drug-likeness (QED) is 0.734. The third-order valence-electron chi connectivity index (χ3n) is 2.36. The van der Waals surface area contributed by atoms with Gasteiger partial charge in [0.15, 0.2) is 0 Å². The van der Waals surface area contributed by atoms with Crippen molar-refractivity contribution in [1.29, 1.82) is 0 Å². The molecule has 0 saturated carbocycles. The minimum absolute atomic E-state index is 0.199. The molecule has 0 saturated heterocycles. The van der Waals surface area contributed by atoms with Gasteiger partial charge in [-0.1, -0.05) is 13.8 Å². The molecule has 0 radical (unpaired) electrons. The van der Waals surface area contributed by atoms with Gasteiger partial charge in [-0.3, -0.25) is 0 Å². The van der Waals surface area contributed by atoms with Crippen LogP contribution in [0, 0.1) is 5.82 Å². The molecule has 1 aromatic heterocycles. The third kappa shape index (κ3) is 1.91. The van der Waals surface area contributed by atoms with Gasteiger partial charge in [0.05, 0.1) is 5.69 Å². The van der Waals surface area contributed by atoms with Gasteiger partial charge in [0, 0.05) is 12.4 Å². The Bertz CT molecular complexity index is 447. The van der Waals surface area contributed by atoms with Crippen LogP contribution in [0.15, 0.2) is 36.7 Å². The third-order valence-corrected chi connectivity index (χ3v) is 2.36. The highest BCUT2D eigenvalue weighted by atomic mass is 19.1. The minimum Gasteiger partial charge on any atom is -0.241 e. The van der Waals surface area contributed by atoms with Gasteiger partial charge in [-0.15, -0.1) is 0 Å². The summed E-state index contributed by atoms with van der Waals surface area (Å²) in [5, 5.41) is 4.15. The maximum absolute atomic E-state index is 13.1. The molecule has 0 aliphatic carbocycles. The number of benzene rings is 1. The highest BCUT2D eigenvalue weighted by molar-refractivity contribution is 5.42. The van der Waals surface area contributed by atoms with Crippen molar-refractivity contribution in [3.8, 4) is 5.69 Å². The monoisotopic (exact) mass is 204 g/mol. The van der Waals surface area contributed by atoms with Gasteiger partial charge in [-0.2, -0.15) is 5.10 Å². The van der Waals surface area contributed by atoms with Gasteiger partial charge in [0.2, 0.25) is 0 Å². The molecular formula is C12H13FN2. The predicted molar refractivity (Wildman–Crippen MR) is 57.6 cm³/mol. The standard InChI is InChI=1S/C12H13FN2/c1-9(2)11-8-10(13)4-5-12(11)15-7-3-6-14-15/h3-9H,1-2H3. The summed E-state index contributed by atoms with van der Waals surface area (Å²) in [5.74, 6) is 0.0782. The van der Waals surface area contributed by atoms with Gasteiger partial charge < -0.3 is 0 Å². The van der Waals surface area contributed by atoms with Crippen LogP contribution in [-0.2, 0) is 0 Å². The first kappa shape index (κ1) is 9.90. The molecule has 78 valence electrons. The average Bonchev–Trinajstić information content (AvgIpc) is 2.70. The minimum atomic E-state index is -0.199. The molecule has 0 N–H and O–H groups in total. The average molecular weight is 204 g/mol. The van der Waals surface area contributed by atoms with E-state index >= 15 is 0 Å². The van der Waals surface area contributed by atoms with Crippen LogP contribution in [0.3, 0.4) is 0 Å². The van der Waals surface area contributed by atoms with Crippen molar-refractivity contribution in [1.82, 2.24) is 9.78 Å². The fourth-order valence-corrected chi connectivity index (χ4v) is 1.61. The first-order valence-corrected chi connectivity index (χ1v) is 4.98. The van der Waals surface area contributed by atoms with E-state index in [1.165, 1.54) is 6.07 Å². The zero-order valence-corrected chi connectivity index (χ0v) is 8.81. The Morgan fingerprint density at radius 1 is 1.33 bits per heavy atom. The molecule has 3 heteroatoms. The summed E-state index contributed by atoms with van der Waals surface area (Å²) < 4.78 is 14.9. The van der Waals surface area contributed by atoms with Crippen LogP contribution in [0.4, 0.5) is 4.39 Å². The summed E-state index contributed by atoms with van der Waals surface area (Å²) in [6, 6.07) is 6.65. The summed E-state index contributed by atoms with van der Waals surface area (Å²) in [6.07, 6.45) is 3.58. The second kappa shape index (κ2) is 3.85. The Hall–Kier alpha value is -1.64. The van der Waals surface area contributed by atoms with Crippen molar-refractivity contribution in [3.05, 3.63) is 48.0 Å². The van der Waals surface area contributed by atoms with Crippen molar-refractivity contribution in [2.45, 2.75) is 19.8 Å². The van der Waals surface area contributed by atoms with Gasteiger partial charge in [0.25, 0.3) is 0 Å². The molecule has 2 nitrogen and oxygen atoms in total. The Kier molecular flexibility index (Phi) is 2.54. The maximum Gasteiger partial charge on any atom is 0.123 e. The Balaban J connectivity index is 2.56. The van der Waals surface area contributed by atoms with Crippen LogP contribution in [0.2, 0.25) is 0 Å². The summed E-state index contributed by atoms with van der Waals surface area (Å²) in [4.78, 5) is 0. The lowest BCUT2D eigenvalue weighted by atomic mass is 10.0. The van der Waals surface area contributed by atoms with Crippen molar-refractivity contribution >= 4 is 0 Å². The van der Waals surface area contributed by atoms with E-state index in [1.54, 1.807) is 23.0 Å². The second-order valence-electron chi connectivity index (χ2n) is 3.81. The number of hydrogen-bond donors (Lipinski definition) is 0. The van der Waals surface area contributed by atoms with E-state index in [9.17, 15) is 4.39 Å². The molecule has 1 heterocycles. The van der Waals surface area contributed by atoms with E-state index < -0.39 is 0 Å². The summed E-state index contributed by atoms with van der Waals surface area (Å²) in [5.41, 5.74) is 1.91. The molecule has 15 heavy (non-hydrogen) atoms. The topological polar surface area (TPSA) is 17.8 Å². The maximum atomic E-state index is 13.1. The Morgan fingerprint density at radius 3 is 2.73 bits per heavy atom. The summed E-state index contributed by atoms with van der Waals surface area (Å²) >= 11 is 0. The van der Waals surface area contributed by atoms with Crippen molar-refractivity contribution in [3.63, 3.8) is 0 Å². The summed E-state index contributed by atoms with van der Waals surface area (Å²) in [6.45, 7) is 4.09. The molecule has 2 aromatic rings. The van der Waals surface area contributed by atoms with Gasteiger partial charge in [-0.25, -0.2) is 9.07 Å². The Labute approximate surface area is 88.4 Å². The highest BCUT2D eigenvalue weighted by Gasteiger charge is 2.09. The van der Waals surface area contributed by atoms with Gasteiger partial charge in [0.1, 0.15) is 5.82 Å². The Morgan fingerprint density at radius 2 is 2.13 bits per heavy atom. The van der Waals surface area contributed by atoms with E-state index in [2.05, 4.69) is 5.10 Å². The van der Waals surface area contributed by atoms with Crippen LogP contribution in [0.25, 0.3) is 5.69 Å². The highest BCUT2D eigenvalue weighted by Crippen LogP contribution is 2.23. The molecule has 0 bridgehead atoms. The van der Waals surface area contributed by atoms with Crippen LogP contribution < -0.4 is 0 Å². The molecule has 2 rings (SSSR count). The molecular weight excluding hydrogens is 191 g/mol. The van der Waals surface area contributed by atoms with E-state index in [-0.39, 0.29) is 11.7 Å². The van der Waals surface area contributed by atoms with Crippen LogP contribution in [-0.4, -0.2) is 9.78 Å². The van der Waals surface area contributed by atoms with Gasteiger partial charge >= 0.3 is 0 Å². The first-order chi connectivity index (χ1) is 7.18. The molecule has 0 unspecified atom stereocenters. The lowest BCUT2D eigenvalue weighted by Crippen LogP contribution is -2.02. The van der Waals surface area contributed by atoms with E-state index in [1.807, 2.05) is 26.1 Å². The van der Waals surface area contributed by atoms with Gasteiger partial charge in [-0.05, 0) is 35.7 Å². The van der Waals surface area contributed by atoms with Crippen molar-refractivity contribution < 1.29 is 4.39 Å². The van der Waals surface area contributed by atoms with Crippen LogP contribution in [0.1, 0.15) is 25.3 Å². The zero-order chi connectivity index (χ0) is 10.8. The number of halogens is 1.